The predicted octanol–water partition coefficient (Wildman–Crippen LogP) is 1.56. The molecule has 3 heteroatoms. The van der Waals surface area contributed by atoms with Gasteiger partial charge in [0, 0.05) is 23.1 Å². The summed E-state index contributed by atoms with van der Waals surface area (Å²) in [7, 11) is 1.41. The van der Waals surface area contributed by atoms with Crippen LogP contribution >= 0.6 is 0 Å². The minimum Gasteiger partial charge on any atom is -0.493 e. The van der Waals surface area contributed by atoms with E-state index in [9.17, 15) is 9.59 Å². The smallest absolute Gasteiger partial charge is 0.224 e. The molecule has 0 N–H and O–H groups in total. The molecule has 0 aromatic rings. The van der Waals surface area contributed by atoms with Gasteiger partial charge in [0.15, 0.2) is 11.5 Å². The van der Waals surface area contributed by atoms with Crippen LogP contribution in [-0.2, 0) is 14.3 Å². The molecule has 0 bridgehead atoms. The van der Waals surface area contributed by atoms with Crippen LogP contribution in [0.4, 0.5) is 0 Å². The molecule has 1 atom stereocenters. The first-order valence-electron chi connectivity index (χ1n) is 4.89. The number of Topliss-reactive ketones (excluding diaryl/α,β-unsaturated/α-hetero) is 1. The second-order valence-electron chi connectivity index (χ2n) is 3.72. The van der Waals surface area contributed by atoms with E-state index in [0.29, 0.717) is 17.6 Å². The number of ketones is 2. The van der Waals surface area contributed by atoms with Gasteiger partial charge in [0.2, 0.25) is 5.78 Å². The largest absolute Gasteiger partial charge is 0.493 e. The van der Waals surface area contributed by atoms with Gasteiger partial charge in [-0.2, -0.15) is 0 Å². The molecule has 1 unspecified atom stereocenters. The van der Waals surface area contributed by atoms with Gasteiger partial charge in [-0.15, -0.1) is 0 Å². The Hall–Kier alpha value is -1.64. The summed E-state index contributed by atoms with van der Waals surface area (Å²) in [4.78, 5) is 23.6. The first-order chi connectivity index (χ1) is 7.15. The summed E-state index contributed by atoms with van der Waals surface area (Å²) in [6.07, 6.45) is 5.70. The number of hydrogen-bond acceptors (Lipinski definition) is 3. The summed E-state index contributed by atoms with van der Waals surface area (Å²) in [6.45, 7) is 1.92. The molecule has 0 saturated heterocycles. The molecular formula is C12H12O3. The lowest BCUT2D eigenvalue weighted by molar-refractivity contribution is -0.118. The van der Waals surface area contributed by atoms with Gasteiger partial charge in [-0.1, -0.05) is 19.1 Å². The van der Waals surface area contributed by atoms with Gasteiger partial charge >= 0.3 is 0 Å². The molecule has 0 fully saturated rings. The highest BCUT2D eigenvalue weighted by Gasteiger charge is 2.31. The fourth-order valence-electron chi connectivity index (χ4n) is 2.02. The van der Waals surface area contributed by atoms with Crippen LogP contribution in [0.1, 0.15) is 13.3 Å². The summed E-state index contributed by atoms with van der Waals surface area (Å²) in [5.41, 5.74) is 1.22. The molecule has 2 aliphatic carbocycles. The third kappa shape index (κ3) is 1.44. The Bertz CT molecular complexity index is 424. The van der Waals surface area contributed by atoms with Crippen molar-refractivity contribution in [3.05, 3.63) is 35.1 Å². The van der Waals surface area contributed by atoms with Crippen LogP contribution in [0.15, 0.2) is 35.1 Å². The third-order valence-corrected chi connectivity index (χ3v) is 2.77. The van der Waals surface area contributed by atoms with E-state index in [2.05, 4.69) is 0 Å². The van der Waals surface area contributed by atoms with E-state index < -0.39 is 0 Å². The van der Waals surface area contributed by atoms with Gasteiger partial charge < -0.3 is 4.74 Å². The molecule has 15 heavy (non-hydrogen) atoms. The molecule has 0 saturated carbocycles. The Labute approximate surface area is 88.1 Å². The lowest BCUT2D eigenvalue weighted by Crippen LogP contribution is -2.24. The second kappa shape index (κ2) is 3.50. The first kappa shape index (κ1) is 9.90. The van der Waals surface area contributed by atoms with Crippen molar-refractivity contribution >= 4 is 11.6 Å². The van der Waals surface area contributed by atoms with Gasteiger partial charge in [-0.25, -0.2) is 0 Å². The normalized spacial score (nSPS) is 25.2. The van der Waals surface area contributed by atoms with Gasteiger partial charge in [0.25, 0.3) is 0 Å². The molecule has 0 aliphatic heterocycles. The average molecular weight is 204 g/mol. The number of ether oxygens (including phenoxy) is 1. The van der Waals surface area contributed by atoms with Gasteiger partial charge in [-0.3, -0.25) is 9.59 Å². The van der Waals surface area contributed by atoms with Crippen molar-refractivity contribution < 1.29 is 14.3 Å². The molecule has 3 nitrogen and oxygen atoms in total. The zero-order chi connectivity index (χ0) is 11.0. The number of rotatable bonds is 1. The zero-order valence-corrected chi connectivity index (χ0v) is 8.74. The molecule has 2 rings (SSSR count). The number of hydrogen-bond donors (Lipinski definition) is 0. The molecule has 0 spiro atoms. The van der Waals surface area contributed by atoms with Crippen LogP contribution < -0.4 is 0 Å². The number of carbonyl (C=O) groups excluding carboxylic acids is 2. The highest BCUT2D eigenvalue weighted by molar-refractivity contribution is 6.22. The van der Waals surface area contributed by atoms with Crippen LogP contribution in [0.3, 0.4) is 0 Å². The van der Waals surface area contributed by atoms with Crippen molar-refractivity contribution in [3.8, 4) is 0 Å². The standard InChI is InChI=1S/C12H12O3/c1-7-4-3-5-8-11(7)9(13)6-10(15-2)12(8)14/h3-4,6-7H,5H2,1-2H3. The molecule has 0 aromatic carbocycles. The van der Waals surface area contributed by atoms with E-state index in [1.807, 2.05) is 19.1 Å². The van der Waals surface area contributed by atoms with Gasteiger partial charge in [-0.05, 0) is 6.42 Å². The second-order valence-corrected chi connectivity index (χ2v) is 3.72. The first-order valence-corrected chi connectivity index (χ1v) is 4.89. The van der Waals surface area contributed by atoms with E-state index in [1.165, 1.54) is 13.2 Å². The van der Waals surface area contributed by atoms with Gasteiger partial charge in [0.1, 0.15) is 0 Å². The van der Waals surface area contributed by atoms with Crippen molar-refractivity contribution in [1.29, 1.82) is 0 Å². The molecular weight excluding hydrogens is 192 g/mol. The van der Waals surface area contributed by atoms with E-state index >= 15 is 0 Å². The SMILES string of the molecule is COC1=CC(=O)C2=C(CC=CC2C)C1=O. The molecule has 0 amide bonds. The predicted molar refractivity (Wildman–Crippen MR) is 55.1 cm³/mol. The number of methoxy groups -OCH3 is 1. The van der Waals surface area contributed by atoms with E-state index in [4.69, 9.17) is 4.74 Å². The molecule has 0 radical (unpaired) electrons. The monoisotopic (exact) mass is 204 g/mol. The number of carbonyl (C=O) groups is 2. The Balaban J connectivity index is 2.47. The Morgan fingerprint density at radius 1 is 1.40 bits per heavy atom. The van der Waals surface area contributed by atoms with Gasteiger partial charge in [0.05, 0.1) is 7.11 Å². The highest BCUT2D eigenvalue weighted by Crippen LogP contribution is 2.31. The van der Waals surface area contributed by atoms with E-state index in [1.54, 1.807) is 0 Å². The summed E-state index contributed by atoms with van der Waals surface area (Å²) >= 11 is 0. The maximum Gasteiger partial charge on any atom is 0.224 e. The molecule has 0 heterocycles. The third-order valence-electron chi connectivity index (χ3n) is 2.77. The molecule has 78 valence electrons. The van der Waals surface area contributed by atoms with Crippen LogP contribution in [0.25, 0.3) is 0 Å². The van der Waals surface area contributed by atoms with Crippen molar-refractivity contribution in [1.82, 2.24) is 0 Å². The van der Waals surface area contributed by atoms with E-state index in [-0.39, 0.29) is 23.2 Å². The van der Waals surface area contributed by atoms with E-state index in [0.717, 1.165) is 0 Å². The van der Waals surface area contributed by atoms with Crippen LogP contribution in [0.2, 0.25) is 0 Å². The minimum atomic E-state index is -0.150. The van der Waals surface area contributed by atoms with Crippen molar-refractivity contribution in [3.63, 3.8) is 0 Å². The summed E-state index contributed by atoms with van der Waals surface area (Å²) < 4.78 is 4.89. The fraction of sp³-hybridized carbons (Fsp3) is 0.333. The fourth-order valence-corrected chi connectivity index (χ4v) is 2.02. The maximum absolute atomic E-state index is 11.8. The topological polar surface area (TPSA) is 43.4 Å². The Morgan fingerprint density at radius 3 is 2.80 bits per heavy atom. The lowest BCUT2D eigenvalue weighted by atomic mass is 9.81. The van der Waals surface area contributed by atoms with Crippen LogP contribution in [0, 0.1) is 5.92 Å². The average Bonchev–Trinajstić information content (AvgIpc) is 2.23. The summed E-state index contributed by atoms with van der Waals surface area (Å²) in [5, 5.41) is 0. The molecule has 0 aromatic heterocycles. The van der Waals surface area contributed by atoms with Crippen LogP contribution in [-0.4, -0.2) is 18.7 Å². The Kier molecular flexibility index (Phi) is 2.31. The Morgan fingerprint density at radius 2 is 2.13 bits per heavy atom. The quantitative estimate of drug-likeness (QED) is 0.481. The summed E-state index contributed by atoms with van der Waals surface area (Å²) in [6, 6.07) is 0. The zero-order valence-electron chi connectivity index (χ0n) is 8.74. The van der Waals surface area contributed by atoms with Crippen molar-refractivity contribution in [2.24, 2.45) is 5.92 Å². The van der Waals surface area contributed by atoms with Crippen LogP contribution in [0.5, 0.6) is 0 Å². The maximum atomic E-state index is 11.8. The number of allylic oxidation sites excluding steroid dienone is 5. The van der Waals surface area contributed by atoms with Crippen molar-refractivity contribution in [2.75, 3.05) is 7.11 Å². The summed E-state index contributed by atoms with van der Waals surface area (Å²) in [5.74, 6) is -0.0669. The highest BCUT2D eigenvalue weighted by atomic mass is 16.5. The lowest BCUT2D eigenvalue weighted by Gasteiger charge is -2.23. The minimum absolute atomic E-state index is 0.0276. The molecule has 2 aliphatic rings. The van der Waals surface area contributed by atoms with Crippen molar-refractivity contribution in [2.45, 2.75) is 13.3 Å².